The van der Waals surface area contributed by atoms with Crippen LogP contribution in [-0.2, 0) is 13.1 Å². The van der Waals surface area contributed by atoms with Crippen molar-refractivity contribution in [2.75, 3.05) is 20.8 Å². The molecule has 0 aromatic heterocycles. The molecule has 0 aliphatic rings. The van der Waals surface area contributed by atoms with Crippen LogP contribution < -0.4 is 19.5 Å². The van der Waals surface area contributed by atoms with Crippen LogP contribution in [0.5, 0.6) is 17.2 Å². The number of hydrogen-bond acceptors (Lipinski definition) is 4. The maximum atomic E-state index is 5.71. The van der Waals surface area contributed by atoms with Crippen LogP contribution in [-0.4, -0.2) is 20.8 Å². The zero-order chi connectivity index (χ0) is 15.8. The molecule has 0 bridgehead atoms. The van der Waals surface area contributed by atoms with Gasteiger partial charge in [-0.05, 0) is 30.7 Å². The van der Waals surface area contributed by atoms with Gasteiger partial charge in [-0.3, -0.25) is 0 Å². The summed E-state index contributed by atoms with van der Waals surface area (Å²) in [6, 6.07) is 14.0. The molecule has 126 valence electrons. The molecule has 1 N–H and O–H groups in total. The largest absolute Gasteiger partial charge is 0.497 e. The van der Waals surface area contributed by atoms with Gasteiger partial charge in [0.2, 0.25) is 0 Å². The third-order valence-electron chi connectivity index (χ3n) is 3.37. The van der Waals surface area contributed by atoms with Gasteiger partial charge < -0.3 is 19.5 Å². The van der Waals surface area contributed by atoms with Crippen LogP contribution in [0.15, 0.2) is 42.5 Å². The van der Waals surface area contributed by atoms with E-state index in [0.717, 1.165) is 35.9 Å². The topological polar surface area (TPSA) is 39.7 Å². The van der Waals surface area contributed by atoms with E-state index in [1.54, 1.807) is 14.2 Å². The predicted molar refractivity (Wildman–Crippen MR) is 94.9 cm³/mol. The van der Waals surface area contributed by atoms with Crippen molar-refractivity contribution in [1.29, 1.82) is 0 Å². The van der Waals surface area contributed by atoms with E-state index in [1.165, 1.54) is 5.56 Å². The number of hydrogen-bond donors (Lipinski definition) is 1. The molecular formula is C18H24ClNO3. The fourth-order valence-electron chi connectivity index (χ4n) is 2.25. The maximum absolute atomic E-state index is 5.71. The van der Waals surface area contributed by atoms with Crippen LogP contribution in [0.3, 0.4) is 0 Å². The molecule has 4 nitrogen and oxygen atoms in total. The van der Waals surface area contributed by atoms with E-state index in [1.807, 2.05) is 31.2 Å². The molecule has 0 spiro atoms. The Balaban J connectivity index is 0.00000264. The summed E-state index contributed by atoms with van der Waals surface area (Å²) < 4.78 is 16.2. The summed E-state index contributed by atoms with van der Waals surface area (Å²) in [6.07, 6.45) is 0. The standard InChI is InChI=1S/C18H23NO3.ClH/c1-4-22-18-15(6-5-7-17(18)21-3)13-19-12-14-8-10-16(20-2)11-9-14;/h5-11,19H,4,12-13H2,1-3H3;1H. The number of para-hydroxylation sites is 1. The minimum absolute atomic E-state index is 0. The summed E-state index contributed by atoms with van der Waals surface area (Å²) in [7, 11) is 3.33. The van der Waals surface area contributed by atoms with E-state index in [2.05, 4.69) is 23.5 Å². The van der Waals surface area contributed by atoms with Gasteiger partial charge in [-0.25, -0.2) is 0 Å². The smallest absolute Gasteiger partial charge is 0.165 e. The summed E-state index contributed by atoms with van der Waals surface area (Å²) in [4.78, 5) is 0. The maximum Gasteiger partial charge on any atom is 0.165 e. The van der Waals surface area contributed by atoms with E-state index in [4.69, 9.17) is 14.2 Å². The first kappa shape index (κ1) is 19.1. The van der Waals surface area contributed by atoms with Crippen molar-refractivity contribution in [1.82, 2.24) is 5.32 Å². The van der Waals surface area contributed by atoms with Gasteiger partial charge in [0.1, 0.15) is 5.75 Å². The van der Waals surface area contributed by atoms with Crippen molar-refractivity contribution in [3.05, 3.63) is 53.6 Å². The first-order valence-electron chi connectivity index (χ1n) is 7.40. The first-order chi connectivity index (χ1) is 10.8. The van der Waals surface area contributed by atoms with E-state index in [-0.39, 0.29) is 12.4 Å². The highest BCUT2D eigenvalue weighted by Crippen LogP contribution is 2.31. The third kappa shape index (κ3) is 5.34. The first-order valence-corrected chi connectivity index (χ1v) is 7.40. The molecule has 5 heteroatoms. The number of methoxy groups -OCH3 is 2. The SMILES string of the molecule is CCOc1c(CNCc2ccc(OC)cc2)cccc1OC.Cl. The molecule has 0 atom stereocenters. The van der Waals surface area contributed by atoms with Gasteiger partial charge in [-0.1, -0.05) is 24.3 Å². The van der Waals surface area contributed by atoms with E-state index < -0.39 is 0 Å². The quantitative estimate of drug-likeness (QED) is 0.795. The van der Waals surface area contributed by atoms with Crippen molar-refractivity contribution in [2.24, 2.45) is 0 Å². The second kappa shape index (κ2) is 9.98. The number of benzene rings is 2. The molecule has 0 saturated heterocycles. The molecular weight excluding hydrogens is 314 g/mol. The van der Waals surface area contributed by atoms with Gasteiger partial charge in [0.05, 0.1) is 20.8 Å². The Morgan fingerprint density at radius 2 is 1.65 bits per heavy atom. The normalized spacial score (nSPS) is 9.87. The van der Waals surface area contributed by atoms with Gasteiger partial charge >= 0.3 is 0 Å². The van der Waals surface area contributed by atoms with Gasteiger partial charge in [-0.15, -0.1) is 12.4 Å². The van der Waals surface area contributed by atoms with Crippen molar-refractivity contribution in [3.8, 4) is 17.2 Å². The summed E-state index contributed by atoms with van der Waals surface area (Å²) in [6.45, 7) is 4.10. The lowest BCUT2D eigenvalue weighted by Crippen LogP contribution is -2.14. The van der Waals surface area contributed by atoms with E-state index in [9.17, 15) is 0 Å². The zero-order valence-electron chi connectivity index (χ0n) is 13.8. The number of rotatable bonds is 8. The zero-order valence-corrected chi connectivity index (χ0v) is 14.6. The summed E-state index contributed by atoms with van der Waals surface area (Å²) in [5.74, 6) is 2.45. The van der Waals surface area contributed by atoms with Gasteiger partial charge in [-0.2, -0.15) is 0 Å². The van der Waals surface area contributed by atoms with Crippen LogP contribution in [0.1, 0.15) is 18.1 Å². The fourth-order valence-corrected chi connectivity index (χ4v) is 2.25. The predicted octanol–water partition coefficient (Wildman–Crippen LogP) is 3.81. The fraction of sp³-hybridized carbons (Fsp3) is 0.333. The number of halogens is 1. The molecule has 2 aromatic carbocycles. The van der Waals surface area contributed by atoms with Crippen LogP contribution >= 0.6 is 12.4 Å². The number of ether oxygens (including phenoxy) is 3. The average Bonchev–Trinajstić information content (AvgIpc) is 2.57. The molecule has 2 aromatic rings. The Bertz CT molecular complexity index is 587. The van der Waals surface area contributed by atoms with Crippen LogP contribution in [0, 0.1) is 0 Å². The third-order valence-corrected chi connectivity index (χ3v) is 3.37. The second-order valence-corrected chi connectivity index (χ2v) is 4.83. The van der Waals surface area contributed by atoms with Crippen molar-refractivity contribution in [3.63, 3.8) is 0 Å². The van der Waals surface area contributed by atoms with Crippen LogP contribution in [0.4, 0.5) is 0 Å². The molecule has 0 saturated carbocycles. The second-order valence-electron chi connectivity index (χ2n) is 4.83. The molecule has 0 aliphatic carbocycles. The van der Waals surface area contributed by atoms with Crippen LogP contribution in [0.25, 0.3) is 0 Å². The van der Waals surface area contributed by atoms with Crippen LogP contribution in [0.2, 0.25) is 0 Å². The monoisotopic (exact) mass is 337 g/mol. The highest BCUT2D eigenvalue weighted by Gasteiger charge is 2.09. The molecule has 0 heterocycles. The summed E-state index contributed by atoms with van der Waals surface area (Å²) in [5, 5.41) is 3.43. The Kier molecular flexibility index (Phi) is 8.30. The molecule has 2 rings (SSSR count). The van der Waals surface area contributed by atoms with Crippen molar-refractivity contribution < 1.29 is 14.2 Å². The van der Waals surface area contributed by atoms with Crippen molar-refractivity contribution >= 4 is 12.4 Å². The summed E-state index contributed by atoms with van der Waals surface area (Å²) in [5.41, 5.74) is 2.30. The lowest BCUT2D eigenvalue weighted by molar-refractivity contribution is 0.306. The van der Waals surface area contributed by atoms with Gasteiger partial charge in [0.25, 0.3) is 0 Å². The molecule has 23 heavy (non-hydrogen) atoms. The van der Waals surface area contributed by atoms with Gasteiger partial charge in [0.15, 0.2) is 11.5 Å². The minimum Gasteiger partial charge on any atom is -0.497 e. The summed E-state index contributed by atoms with van der Waals surface area (Å²) >= 11 is 0. The van der Waals surface area contributed by atoms with E-state index in [0.29, 0.717) is 6.61 Å². The van der Waals surface area contributed by atoms with Gasteiger partial charge in [0, 0.05) is 18.7 Å². The molecule has 0 radical (unpaired) electrons. The van der Waals surface area contributed by atoms with E-state index >= 15 is 0 Å². The lowest BCUT2D eigenvalue weighted by atomic mass is 10.1. The number of nitrogens with one attached hydrogen (secondary N) is 1. The average molecular weight is 338 g/mol. The minimum atomic E-state index is 0. The highest BCUT2D eigenvalue weighted by molar-refractivity contribution is 5.85. The molecule has 0 unspecified atom stereocenters. The Labute approximate surface area is 144 Å². The molecule has 0 fully saturated rings. The Morgan fingerprint density at radius 3 is 2.26 bits per heavy atom. The molecule has 0 amide bonds. The van der Waals surface area contributed by atoms with Crippen molar-refractivity contribution in [2.45, 2.75) is 20.0 Å². The molecule has 0 aliphatic heterocycles. The Hall–Kier alpha value is -1.91. The lowest BCUT2D eigenvalue weighted by Gasteiger charge is -2.14. The Morgan fingerprint density at radius 1 is 0.913 bits per heavy atom. The highest BCUT2D eigenvalue weighted by atomic mass is 35.5.